The first kappa shape index (κ1) is 17.4. The molecule has 2 heterocycles. The Hall–Kier alpha value is -2.99. The van der Waals surface area contributed by atoms with Crippen molar-refractivity contribution >= 4 is 23.2 Å². The summed E-state index contributed by atoms with van der Waals surface area (Å²) in [6.45, 7) is 0.363. The van der Waals surface area contributed by atoms with Crippen molar-refractivity contribution < 1.29 is 9.90 Å². The number of anilines is 1. The van der Waals surface area contributed by atoms with Crippen LogP contribution in [0.3, 0.4) is 0 Å². The molecule has 4 rings (SSSR count). The van der Waals surface area contributed by atoms with Gasteiger partial charge in [0.1, 0.15) is 5.75 Å². The lowest BCUT2D eigenvalue weighted by molar-refractivity contribution is 0.0707. The molecule has 0 spiro atoms. The van der Waals surface area contributed by atoms with Gasteiger partial charge in [-0.3, -0.25) is 9.48 Å². The van der Waals surface area contributed by atoms with E-state index in [0.29, 0.717) is 29.2 Å². The molecule has 2 aromatic carbocycles. The van der Waals surface area contributed by atoms with Gasteiger partial charge < -0.3 is 15.7 Å². The average Bonchev–Trinajstić information content (AvgIpc) is 3.11. The quantitative estimate of drug-likeness (QED) is 0.535. The first-order chi connectivity index (χ1) is 13.0. The lowest BCUT2D eigenvalue weighted by atomic mass is 10.0. The van der Waals surface area contributed by atoms with E-state index in [1.807, 2.05) is 37.4 Å². The molecular weight excluding hydrogens is 364 g/mol. The molecule has 0 radical (unpaired) electrons. The molecule has 3 aromatic rings. The second-order valence-electron chi connectivity index (χ2n) is 6.70. The highest BCUT2D eigenvalue weighted by atomic mass is 35.5. The predicted molar refractivity (Wildman–Crippen MR) is 103 cm³/mol. The highest BCUT2D eigenvalue weighted by Gasteiger charge is 2.37. The van der Waals surface area contributed by atoms with Crippen LogP contribution < -0.4 is 5.73 Å². The number of nitrogens with zero attached hydrogens (tertiary/aromatic N) is 3. The van der Waals surface area contributed by atoms with Crippen molar-refractivity contribution in [3.05, 3.63) is 76.1 Å². The molecule has 0 fully saturated rings. The SMILES string of the molecule is Cn1ncc(Cl)c1CC1c2ccccc2C(=O)N1Cc1ccc(N)c(O)c1. The number of aromatic nitrogens is 2. The number of fused-ring (bicyclic) bond motifs is 1. The van der Waals surface area contributed by atoms with Crippen LogP contribution in [0.4, 0.5) is 5.69 Å². The van der Waals surface area contributed by atoms with E-state index in [4.69, 9.17) is 17.3 Å². The van der Waals surface area contributed by atoms with Crippen molar-refractivity contribution in [3.63, 3.8) is 0 Å². The summed E-state index contributed by atoms with van der Waals surface area (Å²) in [6, 6.07) is 12.5. The minimum Gasteiger partial charge on any atom is -0.506 e. The first-order valence-corrected chi connectivity index (χ1v) is 8.97. The molecule has 1 atom stereocenters. The molecule has 0 saturated heterocycles. The topological polar surface area (TPSA) is 84.4 Å². The van der Waals surface area contributed by atoms with Gasteiger partial charge in [0.25, 0.3) is 5.91 Å². The van der Waals surface area contributed by atoms with Crippen molar-refractivity contribution in [1.29, 1.82) is 0 Å². The Morgan fingerprint density at radius 1 is 1.26 bits per heavy atom. The molecular formula is C20H19ClN4O2. The number of halogens is 1. The van der Waals surface area contributed by atoms with Gasteiger partial charge in [-0.1, -0.05) is 35.9 Å². The third-order valence-electron chi connectivity index (χ3n) is 5.03. The molecule has 3 N–H and O–H groups in total. The van der Waals surface area contributed by atoms with Crippen LogP contribution in [0.15, 0.2) is 48.7 Å². The highest BCUT2D eigenvalue weighted by Crippen LogP contribution is 2.38. The number of phenolic OH excluding ortho intramolecular Hbond substituents is 1. The van der Waals surface area contributed by atoms with Crippen LogP contribution in [-0.4, -0.2) is 25.7 Å². The number of rotatable bonds is 4. The molecule has 1 unspecified atom stereocenters. The fourth-order valence-corrected chi connectivity index (χ4v) is 3.82. The highest BCUT2D eigenvalue weighted by molar-refractivity contribution is 6.31. The summed E-state index contributed by atoms with van der Waals surface area (Å²) < 4.78 is 1.74. The largest absolute Gasteiger partial charge is 0.506 e. The molecule has 1 aliphatic rings. The van der Waals surface area contributed by atoms with Crippen molar-refractivity contribution in [2.75, 3.05) is 5.73 Å². The number of nitrogens with two attached hydrogens (primary N) is 1. The zero-order valence-electron chi connectivity index (χ0n) is 14.8. The van der Waals surface area contributed by atoms with Crippen LogP contribution in [0.2, 0.25) is 5.02 Å². The van der Waals surface area contributed by atoms with Crippen LogP contribution in [0.5, 0.6) is 5.75 Å². The van der Waals surface area contributed by atoms with Crippen molar-refractivity contribution in [2.24, 2.45) is 7.05 Å². The molecule has 0 saturated carbocycles. The van der Waals surface area contributed by atoms with Crippen molar-refractivity contribution in [3.8, 4) is 5.75 Å². The van der Waals surface area contributed by atoms with Crippen LogP contribution >= 0.6 is 11.6 Å². The Kier molecular flexibility index (Phi) is 4.28. The smallest absolute Gasteiger partial charge is 0.255 e. The summed E-state index contributed by atoms with van der Waals surface area (Å²) in [5.41, 5.74) is 9.35. The normalized spacial score (nSPS) is 16.0. The third-order valence-corrected chi connectivity index (χ3v) is 5.35. The molecule has 0 aliphatic carbocycles. The van der Waals surface area contributed by atoms with E-state index in [1.165, 1.54) is 0 Å². The minimum absolute atomic E-state index is 0.0166. The van der Waals surface area contributed by atoms with Crippen LogP contribution in [0, 0.1) is 0 Å². The molecule has 138 valence electrons. The predicted octanol–water partition coefficient (Wildman–Crippen LogP) is 3.30. The summed E-state index contributed by atoms with van der Waals surface area (Å²) in [6.07, 6.45) is 2.17. The van der Waals surface area contributed by atoms with Gasteiger partial charge in [0.05, 0.1) is 28.6 Å². The van der Waals surface area contributed by atoms with E-state index >= 15 is 0 Å². The zero-order chi connectivity index (χ0) is 19.1. The van der Waals surface area contributed by atoms with Crippen molar-refractivity contribution in [1.82, 2.24) is 14.7 Å². The Morgan fingerprint density at radius 2 is 2.04 bits per heavy atom. The van der Waals surface area contributed by atoms with E-state index in [2.05, 4.69) is 5.10 Å². The van der Waals surface area contributed by atoms with Crippen LogP contribution in [0.25, 0.3) is 0 Å². The molecule has 0 bridgehead atoms. The van der Waals surface area contributed by atoms with Gasteiger partial charge in [0.15, 0.2) is 0 Å². The number of nitrogen functional groups attached to an aromatic ring is 1. The second kappa shape index (κ2) is 6.63. The summed E-state index contributed by atoms with van der Waals surface area (Å²) >= 11 is 6.30. The van der Waals surface area contributed by atoms with Crippen molar-refractivity contribution in [2.45, 2.75) is 19.0 Å². The number of aryl methyl sites for hydroxylation is 1. The third kappa shape index (κ3) is 3.02. The number of benzene rings is 2. The Balaban J connectivity index is 1.72. The number of carbonyl (C=O) groups is 1. The van der Waals surface area contributed by atoms with E-state index in [0.717, 1.165) is 16.8 Å². The number of carbonyl (C=O) groups excluding carboxylic acids is 1. The van der Waals surface area contributed by atoms with Gasteiger partial charge in [-0.25, -0.2) is 0 Å². The fraction of sp³-hybridized carbons (Fsp3) is 0.200. The zero-order valence-corrected chi connectivity index (χ0v) is 15.5. The lowest BCUT2D eigenvalue weighted by Gasteiger charge is -2.26. The summed E-state index contributed by atoms with van der Waals surface area (Å²) in [5.74, 6) is -0.0203. The molecule has 7 heteroatoms. The summed E-state index contributed by atoms with van der Waals surface area (Å²) in [5, 5.41) is 14.7. The maximum atomic E-state index is 13.0. The molecule has 1 aromatic heterocycles. The number of amides is 1. The molecule has 6 nitrogen and oxygen atoms in total. The molecule has 27 heavy (non-hydrogen) atoms. The van der Waals surface area contributed by atoms with Gasteiger partial charge in [0, 0.05) is 25.6 Å². The molecule has 1 amide bonds. The summed E-state index contributed by atoms with van der Waals surface area (Å²) in [7, 11) is 1.84. The van der Waals surface area contributed by atoms with Gasteiger partial charge in [-0.05, 0) is 29.3 Å². The Labute approximate surface area is 161 Å². The Morgan fingerprint density at radius 3 is 2.74 bits per heavy atom. The van der Waals surface area contributed by atoms with E-state index in [9.17, 15) is 9.90 Å². The maximum Gasteiger partial charge on any atom is 0.255 e. The van der Waals surface area contributed by atoms with Gasteiger partial charge in [-0.15, -0.1) is 0 Å². The lowest BCUT2D eigenvalue weighted by Crippen LogP contribution is -2.29. The Bertz CT molecular complexity index is 1010. The number of hydrogen-bond acceptors (Lipinski definition) is 4. The fourth-order valence-electron chi connectivity index (χ4n) is 3.58. The van der Waals surface area contributed by atoms with E-state index < -0.39 is 0 Å². The number of aromatic hydroxyl groups is 1. The first-order valence-electron chi connectivity index (χ1n) is 8.59. The average molecular weight is 383 g/mol. The number of phenols is 1. The van der Waals surface area contributed by atoms with Gasteiger partial charge in [0.2, 0.25) is 0 Å². The van der Waals surface area contributed by atoms with E-state index in [-0.39, 0.29) is 17.7 Å². The standard InChI is InChI=1S/C20H19ClN4O2/c1-24-18(15(21)10-23-24)9-17-13-4-2-3-5-14(13)20(27)25(17)11-12-6-7-16(22)19(26)8-12/h2-8,10,17,26H,9,11,22H2,1H3. The van der Waals surface area contributed by atoms with E-state index in [1.54, 1.807) is 27.9 Å². The maximum absolute atomic E-state index is 13.0. The molecule has 1 aliphatic heterocycles. The van der Waals surface area contributed by atoms with Gasteiger partial charge >= 0.3 is 0 Å². The monoisotopic (exact) mass is 382 g/mol. The minimum atomic E-state index is -0.165. The van der Waals surface area contributed by atoms with Gasteiger partial charge in [-0.2, -0.15) is 5.10 Å². The van der Waals surface area contributed by atoms with Crippen LogP contribution in [0.1, 0.15) is 33.2 Å². The number of hydrogen-bond donors (Lipinski definition) is 2. The van der Waals surface area contributed by atoms with Crippen LogP contribution in [-0.2, 0) is 20.0 Å². The summed E-state index contributed by atoms with van der Waals surface area (Å²) in [4.78, 5) is 14.8. The second-order valence-corrected chi connectivity index (χ2v) is 7.10.